The number of rotatable bonds is 5. The largest absolute Gasteiger partial charge is 0.480 e. The zero-order valence-corrected chi connectivity index (χ0v) is 10.4. The van der Waals surface area contributed by atoms with Gasteiger partial charge in [0.15, 0.2) is 0 Å². The summed E-state index contributed by atoms with van der Waals surface area (Å²) in [7, 11) is 0. The molecule has 0 saturated carbocycles. The number of carbonyl (C=O) groups is 1. The monoisotopic (exact) mass is 289 g/mol. The number of thioether (sulfide) groups is 1. The molecule has 1 rings (SSSR count). The van der Waals surface area contributed by atoms with E-state index < -0.39 is 17.5 Å². The molecule has 1 atom stereocenters. The number of nitrogens with one attached hydrogen (secondary N) is 1. The summed E-state index contributed by atoms with van der Waals surface area (Å²) < 4.78 is 36.4. The van der Waals surface area contributed by atoms with Crippen molar-refractivity contribution in [3.63, 3.8) is 0 Å². The highest BCUT2D eigenvalue weighted by atomic mass is 32.2. The zero-order valence-electron chi connectivity index (χ0n) is 9.57. The molecule has 19 heavy (non-hydrogen) atoms. The number of benzene rings is 1. The normalized spacial score (nSPS) is 12.7. The molecule has 2 N–H and O–H groups in total. The van der Waals surface area contributed by atoms with Crippen LogP contribution in [0, 0.1) is 12.3 Å². The van der Waals surface area contributed by atoms with Crippen LogP contribution in [0.2, 0.25) is 0 Å². The molecular weight excluding hydrogens is 279 g/mol. The first-order chi connectivity index (χ1) is 8.83. The summed E-state index contributed by atoms with van der Waals surface area (Å²) >= 11 is -0.253. The van der Waals surface area contributed by atoms with Gasteiger partial charge in [0.2, 0.25) is 0 Å². The maximum atomic E-state index is 12.1. The van der Waals surface area contributed by atoms with Crippen molar-refractivity contribution in [3.05, 3.63) is 29.8 Å². The number of alkyl halides is 3. The van der Waals surface area contributed by atoms with E-state index in [4.69, 9.17) is 11.5 Å². The molecule has 1 unspecified atom stereocenters. The molecule has 0 fully saturated rings. The second-order valence-corrected chi connectivity index (χ2v) is 4.61. The summed E-state index contributed by atoms with van der Waals surface area (Å²) in [5.74, 6) is 1.09. The SMILES string of the molecule is C#CCNC(C(=O)O)c1ccc(SC(F)(F)F)cc1. The fraction of sp³-hybridized carbons (Fsp3) is 0.250. The van der Waals surface area contributed by atoms with Crippen molar-refractivity contribution in [1.29, 1.82) is 0 Å². The van der Waals surface area contributed by atoms with Gasteiger partial charge in [0, 0.05) is 4.90 Å². The Balaban J connectivity index is 2.84. The number of terminal acetylenes is 1. The average molecular weight is 289 g/mol. The van der Waals surface area contributed by atoms with Crippen molar-refractivity contribution < 1.29 is 23.1 Å². The van der Waals surface area contributed by atoms with Gasteiger partial charge >= 0.3 is 11.5 Å². The molecule has 0 amide bonds. The predicted octanol–water partition coefficient (Wildman–Crippen LogP) is 2.65. The van der Waals surface area contributed by atoms with Gasteiger partial charge in [0.25, 0.3) is 0 Å². The van der Waals surface area contributed by atoms with Crippen molar-refractivity contribution in [2.75, 3.05) is 6.54 Å². The third kappa shape index (κ3) is 5.24. The first kappa shape index (κ1) is 15.4. The smallest absolute Gasteiger partial charge is 0.446 e. The second-order valence-electron chi connectivity index (χ2n) is 3.47. The number of hydrogen-bond acceptors (Lipinski definition) is 3. The Bertz CT molecular complexity index is 479. The molecule has 3 nitrogen and oxygen atoms in total. The fourth-order valence-electron chi connectivity index (χ4n) is 1.37. The van der Waals surface area contributed by atoms with Crippen LogP contribution in [0.5, 0.6) is 0 Å². The Hall–Kier alpha value is -1.65. The Morgan fingerprint density at radius 1 is 1.42 bits per heavy atom. The predicted molar refractivity (Wildman–Crippen MR) is 65.6 cm³/mol. The minimum Gasteiger partial charge on any atom is -0.480 e. The molecule has 102 valence electrons. The Morgan fingerprint density at radius 3 is 2.42 bits per heavy atom. The van der Waals surface area contributed by atoms with Gasteiger partial charge in [-0.05, 0) is 29.5 Å². The molecular formula is C12H10F3NO2S. The molecule has 0 spiro atoms. The van der Waals surface area contributed by atoms with E-state index >= 15 is 0 Å². The molecule has 0 heterocycles. The third-order valence-electron chi connectivity index (χ3n) is 2.10. The lowest BCUT2D eigenvalue weighted by Crippen LogP contribution is -2.28. The van der Waals surface area contributed by atoms with Crippen molar-refractivity contribution in [1.82, 2.24) is 5.32 Å². The first-order valence-corrected chi connectivity index (χ1v) is 5.90. The molecule has 0 bridgehead atoms. The van der Waals surface area contributed by atoms with Crippen molar-refractivity contribution in [3.8, 4) is 12.3 Å². The fourth-order valence-corrected chi connectivity index (χ4v) is 1.91. The quantitative estimate of drug-likeness (QED) is 0.646. The molecule has 0 aliphatic carbocycles. The molecule has 0 radical (unpaired) electrons. The molecule has 0 aliphatic heterocycles. The van der Waals surface area contributed by atoms with Crippen LogP contribution >= 0.6 is 11.8 Å². The molecule has 1 aromatic rings. The number of hydrogen-bond donors (Lipinski definition) is 2. The number of halogens is 3. The first-order valence-electron chi connectivity index (χ1n) is 5.09. The average Bonchev–Trinajstić information content (AvgIpc) is 2.29. The molecule has 1 aromatic carbocycles. The van der Waals surface area contributed by atoms with Gasteiger partial charge in [-0.1, -0.05) is 18.1 Å². The van der Waals surface area contributed by atoms with Gasteiger partial charge in [-0.15, -0.1) is 6.42 Å². The van der Waals surface area contributed by atoms with Crippen LogP contribution in [0.25, 0.3) is 0 Å². The summed E-state index contributed by atoms with van der Waals surface area (Å²) in [6, 6.07) is 4.07. The highest BCUT2D eigenvalue weighted by Gasteiger charge is 2.29. The van der Waals surface area contributed by atoms with Crippen molar-refractivity contribution in [2.45, 2.75) is 16.4 Å². The van der Waals surface area contributed by atoms with Crippen LogP contribution < -0.4 is 5.32 Å². The van der Waals surface area contributed by atoms with E-state index in [0.717, 1.165) is 0 Å². The van der Waals surface area contributed by atoms with Crippen LogP contribution in [0.1, 0.15) is 11.6 Å². The standard InChI is InChI=1S/C12H10F3NO2S/c1-2-7-16-10(11(17)18)8-3-5-9(6-4-8)19-12(13,14)15/h1,3-6,10,16H,7H2,(H,17,18). The van der Waals surface area contributed by atoms with Gasteiger partial charge in [0.1, 0.15) is 6.04 Å². The van der Waals surface area contributed by atoms with Gasteiger partial charge in [0.05, 0.1) is 6.54 Å². The van der Waals surface area contributed by atoms with Gasteiger partial charge in [-0.3, -0.25) is 10.1 Å². The topological polar surface area (TPSA) is 49.3 Å². The Kier molecular flexibility index (Phi) is 5.27. The molecule has 0 saturated heterocycles. The molecule has 0 aliphatic rings. The lowest BCUT2D eigenvalue weighted by Gasteiger charge is -2.13. The zero-order chi connectivity index (χ0) is 14.5. The van der Waals surface area contributed by atoms with Crippen molar-refractivity contribution >= 4 is 17.7 Å². The molecule has 0 aromatic heterocycles. The lowest BCUT2D eigenvalue weighted by atomic mass is 10.1. The number of aliphatic carboxylic acids is 1. The number of carboxylic acids is 1. The van der Waals surface area contributed by atoms with E-state index in [1.165, 1.54) is 24.3 Å². The van der Waals surface area contributed by atoms with E-state index in [1.54, 1.807) is 0 Å². The lowest BCUT2D eigenvalue weighted by molar-refractivity contribution is -0.139. The van der Waals surface area contributed by atoms with Crippen LogP contribution in [-0.4, -0.2) is 23.1 Å². The summed E-state index contributed by atoms with van der Waals surface area (Å²) in [5, 5.41) is 11.6. The minimum absolute atomic E-state index is 0.00246. The maximum Gasteiger partial charge on any atom is 0.446 e. The van der Waals surface area contributed by atoms with E-state index in [2.05, 4.69) is 11.2 Å². The third-order valence-corrected chi connectivity index (χ3v) is 2.84. The maximum absolute atomic E-state index is 12.1. The Labute approximate surface area is 112 Å². The van der Waals surface area contributed by atoms with E-state index in [9.17, 15) is 18.0 Å². The van der Waals surface area contributed by atoms with E-state index in [1.807, 2.05) is 0 Å². The van der Waals surface area contributed by atoms with Crippen molar-refractivity contribution in [2.24, 2.45) is 0 Å². The van der Waals surface area contributed by atoms with Crippen LogP contribution in [-0.2, 0) is 4.79 Å². The highest BCUT2D eigenvalue weighted by Crippen LogP contribution is 2.36. The minimum atomic E-state index is -4.37. The Morgan fingerprint density at radius 2 is 2.00 bits per heavy atom. The summed E-state index contributed by atoms with van der Waals surface area (Å²) in [4.78, 5) is 11.0. The van der Waals surface area contributed by atoms with Crippen LogP contribution in [0.4, 0.5) is 13.2 Å². The highest BCUT2D eigenvalue weighted by molar-refractivity contribution is 8.00. The van der Waals surface area contributed by atoms with Gasteiger partial charge in [-0.2, -0.15) is 13.2 Å². The second kappa shape index (κ2) is 6.50. The van der Waals surface area contributed by atoms with Crippen LogP contribution in [0.3, 0.4) is 0 Å². The summed E-state index contributed by atoms with van der Waals surface area (Å²) in [5.41, 5.74) is -4.02. The summed E-state index contributed by atoms with van der Waals surface area (Å²) in [6.45, 7) is 0.0516. The number of carboxylic acid groups (broad SMARTS) is 1. The van der Waals surface area contributed by atoms with Gasteiger partial charge in [-0.25, -0.2) is 0 Å². The van der Waals surface area contributed by atoms with Gasteiger partial charge < -0.3 is 5.11 Å². The van der Waals surface area contributed by atoms with Crippen LogP contribution in [0.15, 0.2) is 29.2 Å². The molecule has 7 heteroatoms. The van der Waals surface area contributed by atoms with E-state index in [0.29, 0.717) is 5.56 Å². The summed E-state index contributed by atoms with van der Waals surface area (Å²) in [6.07, 6.45) is 5.01. The van der Waals surface area contributed by atoms with E-state index in [-0.39, 0.29) is 23.2 Å².